The molecule has 1 unspecified atom stereocenters. The molecule has 1 saturated carbocycles. The minimum Gasteiger partial charge on any atom is -0.341 e. The summed E-state index contributed by atoms with van der Waals surface area (Å²) in [4.78, 5) is 17.4. The Bertz CT molecular complexity index is 722. The third kappa shape index (κ3) is 3.93. The predicted molar refractivity (Wildman–Crippen MR) is 97.6 cm³/mol. The number of hydrogen-bond donors (Lipinski definition) is 0. The third-order valence-corrected chi connectivity index (χ3v) is 5.15. The molecule has 2 aliphatic rings. The zero-order valence-electron chi connectivity index (χ0n) is 14.8. The Morgan fingerprint density at radius 2 is 1.92 bits per heavy atom. The molecule has 1 aliphatic carbocycles. The van der Waals surface area contributed by atoms with Crippen LogP contribution in [0.15, 0.2) is 42.6 Å². The molecule has 2 aromatic rings. The number of para-hydroxylation sites is 1. The molecule has 5 nitrogen and oxygen atoms in total. The van der Waals surface area contributed by atoms with E-state index < -0.39 is 0 Å². The van der Waals surface area contributed by atoms with E-state index in [-0.39, 0.29) is 5.91 Å². The van der Waals surface area contributed by atoms with Crippen LogP contribution < -0.4 is 0 Å². The lowest BCUT2D eigenvalue weighted by molar-refractivity contribution is -0.130. The molecule has 0 bridgehead atoms. The Hall–Kier alpha value is -2.14. The van der Waals surface area contributed by atoms with Crippen molar-refractivity contribution >= 4 is 5.91 Å². The Morgan fingerprint density at radius 3 is 2.68 bits per heavy atom. The second-order valence-corrected chi connectivity index (χ2v) is 7.44. The molecular weight excluding hydrogens is 312 g/mol. The van der Waals surface area contributed by atoms with E-state index in [0.717, 1.165) is 43.6 Å². The van der Waals surface area contributed by atoms with Gasteiger partial charge in [-0.2, -0.15) is 5.10 Å². The van der Waals surface area contributed by atoms with Gasteiger partial charge in [0.05, 0.1) is 17.8 Å². The van der Waals surface area contributed by atoms with Crippen LogP contribution >= 0.6 is 0 Å². The smallest absolute Gasteiger partial charge is 0.228 e. The van der Waals surface area contributed by atoms with Crippen molar-refractivity contribution in [3.05, 3.63) is 48.3 Å². The fourth-order valence-corrected chi connectivity index (χ4v) is 3.71. The maximum absolute atomic E-state index is 12.8. The molecule has 1 amide bonds. The van der Waals surface area contributed by atoms with Crippen molar-refractivity contribution in [2.24, 2.45) is 5.92 Å². The van der Waals surface area contributed by atoms with E-state index >= 15 is 0 Å². The minimum absolute atomic E-state index is 0.197. The summed E-state index contributed by atoms with van der Waals surface area (Å²) < 4.78 is 1.84. The van der Waals surface area contributed by atoms with Crippen LogP contribution in [0.25, 0.3) is 5.69 Å². The molecule has 1 aromatic heterocycles. The number of aromatic nitrogens is 2. The SMILES string of the molecule is CC1CN(C(=O)Cc2ccn(-c3ccccc3)n2)CCN(C2CC2)C1. The van der Waals surface area contributed by atoms with Gasteiger partial charge in [0, 0.05) is 38.4 Å². The highest BCUT2D eigenvalue weighted by Crippen LogP contribution is 2.28. The van der Waals surface area contributed by atoms with Crippen LogP contribution in [0.4, 0.5) is 0 Å². The topological polar surface area (TPSA) is 41.4 Å². The van der Waals surface area contributed by atoms with Crippen molar-refractivity contribution in [1.82, 2.24) is 19.6 Å². The highest BCUT2D eigenvalue weighted by atomic mass is 16.2. The van der Waals surface area contributed by atoms with Crippen molar-refractivity contribution in [3.8, 4) is 5.69 Å². The molecule has 1 aliphatic heterocycles. The number of hydrogen-bond acceptors (Lipinski definition) is 3. The van der Waals surface area contributed by atoms with Crippen molar-refractivity contribution in [1.29, 1.82) is 0 Å². The van der Waals surface area contributed by atoms with Crippen molar-refractivity contribution in [2.75, 3.05) is 26.2 Å². The number of rotatable bonds is 4. The molecule has 1 aromatic carbocycles. The largest absolute Gasteiger partial charge is 0.341 e. The van der Waals surface area contributed by atoms with Gasteiger partial charge in [0.1, 0.15) is 0 Å². The van der Waals surface area contributed by atoms with Crippen molar-refractivity contribution < 1.29 is 4.79 Å². The maximum Gasteiger partial charge on any atom is 0.228 e. The summed E-state index contributed by atoms with van der Waals surface area (Å²) in [6.07, 6.45) is 4.98. The van der Waals surface area contributed by atoms with E-state index in [1.54, 1.807) is 0 Å². The van der Waals surface area contributed by atoms with Gasteiger partial charge >= 0.3 is 0 Å². The Morgan fingerprint density at radius 1 is 1.12 bits per heavy atom. The van der Waals surface area contributed by atoms with Gasteiger partial charge in [0.25, 0.3) is 0 Å². The number of nitrogens with zero attached hydrogens (tertiary/aromatic N) is 4. The van der Waals surface area contributed by atoms with Gasteiger partial charge in [-0.05, 0) is 37.0 Å². The van der Waals surface area contributed by atoms with E-state index in [9.17, 15) is 4.79 Å². The molecule has 0 N–H and O–H groups in total. The molecule has 2 heterocycles. The second-order valence-electron chi connectivity index (χ2n) is 7.44. The van der Waals surface area contributed by atoms with Crippen molar-refractivity contribution in [3.63, 3.8) is 0 Å². The standard InChI is InChI=1S/C20H26N4O/c1-16-14-22(18-7-8-18)11-12-23(15-16)20(25)13-17-9-10-24(21-17)19-5-3-2-4-6-19/h2-6,9-10,16,18H,7-8,11-15H2,1H3. The molecule has 0 radical (unpaired) electrons. The fraction of sp³-hybridized carbons (Fsp3) is 0.500. The fourth-order valence-electron chi connectivity index (χ4n) is 3.71. The molecule has 5 heteroatoms. The van der Waals surface area contributed by atoms with Gasteiger partial charge in [0.15, 0.2) is 0 Å². The first-order valence-electron chi connectivity index (χ1n) is 9.31. The summed E-state index contributed by atoms with van der Waals surface area (Å²) in [5, 5.41) is 4.57. The van der Waals surface area contributed by atoms with Gasteiger partial charge < -0.3 is 4.90 Å². The van der Waals surface area contributed by atoms with E-state index in [2.05, 4.69) is 16.9 Å². The Balaban J connectivity index is 1.39. The molecule has 132 valence electrons. The lowest BCUT2D eigenvalue weighted by atomic mass is 10.1. The maximum atomic E-state index is 12.8. The lowest BCUT2D eigenvalue weighted by Gasteiger charge is -2.21. The highest BCUT2D eigenvalue weighted by molar-refractivity contribution is 5.78. The van der Waals surface area contributed by atoms with Gasteiger partial charge in [0.2, 0.25) is 5.91 Å². The first kappa shape index (κ1) is 16.3. The second kappa shape index (κ2) is 7.00. The molecule has 1 atom stereocenters. The summed E-state index contributed by atoms with van der Waals surface area (Å²) in [7, 11) is 0. The molecule has 1 saturated heterocycles. The molecule has 2 fully saturated rings. The first-order chi connectivity index (χ1) is 12.2. The van der Waals surface area contributed by atoms with Gasteiger partial charge in [-0.1, -0.05) is 25.1 Å². The van der Waals surface area contributed by atoms with Gasteiger partial charge in [-0.3, -0.25) is 9.69 Å². The summed E-state index contributed by atoms with van der Waals surface area (Å²) >= 11 is 0. The number of carbonyl (C=O) groups excluding carboxylic acids is 1. The van der Waals surface area contributed by atoms with Crippen LogP contribution in [0.5, 0.6) is 0 Å². The van der Waals surface area contributed by atoms with Crippen LogP contribution in [-0.2, 0) is 11.2 Å². The summed E-state index contributed by atoms with van der Waals surface area (Å²) in [5.74, 6) is 0.733. The number of amides is 1. The average Bonchev–Trinajstić information content (AvgIpc) is 3.39. The quantitative estimate of drug-likeness (QED) is 0.859. The van der Waals surface area contributed by atoms with Crippen LogP contribution in [0, 0.1) is 5.92 Å². The normalized spacial score (nSPS) is 22.0. The van der Waals surface area contributed by atoms with Gasteiger partial charge in [-0.15, -0.1) is 0 Å². The zero-order chi connectivity index (χ0) is 17.2. The number of carbonyl (C=O) groups is 1. The number of benzene rings is 1. The Labute approximate surface area is 149 Å². The van der Waals surface area contributed by atoms with E-state index in [4.69, 9.17) is 0 Å². The average molecular weight is 338 g/mol. The third-order valence-electron chi connectivity index (χ3n) is 5.15. The van der Waals surface area contributed by atoms with E-state index in [1.807, 2.05) is 52.2 Å². The van der Waals surface area contributed by atoms with E-state index in [0.29, 0.717) is 12.3 Å². The van der Waals surface area contributed by atoms with E-state index in [1.165, 1.54) is 12.8 Å². The summed E-state index contributed by atoms with van der Waals surface area (Å²) in [5.41, 5.74) is 1.86. The van der Waals surface area contributed by atoms with Crippen LogP contribution in [0.3, 0.4) is 0 Å². The predicted octanol–water partition coefficient (Wildman–Crippen LogP) is 2.36. The van der Waals surface area contributed by atoms with Crippen LogP contribution in [0.1, 0.15) is 25.5 Å². The molecule has 25 heavy (non-hydrogen) atoms. The highest BCUT2D eigenvalue weighted by Gasteiger charge is 2.32. The van der Waals surface area contributed by atoms with Crippen LogP contribution in [0.2, 0.25) is 0 Å². The van der Waals surface area contributed by atoms with Crippen molar-refractivity contribution in [2.45, 2.75) is 32.2 Å². The van der Waals surface area contributed by atoms with Crippen LogP contribution in [-0.4, -0.2) is 57.7 Å². The minimum atomic E-state index is 0.197. The molecular formula is C20H26N4O. The monoisotopic (exact) mass is 338 g/mol. The summed E-state index contributed by atoms with van der Waals surface area (Å²) in [6, 6.07) is 12.7. The Kier molecular flexibility index (Phi) is 4.57. The zero-order valence-corrected chi connectivity index (χ0v) is 14.8. The molecule has 4 rings (SSSR count). The van der Waals surface area contributed by atoms with Gasteiger partial charge in [-0.25, -0.2) is 4.68 Å². The summed E-state index contributed by atoms with van der Waals surface area (Å²) in [6.45, 7) is 6.10. The first-order valence-corrected chi connectivity index (χ1v) is 9.31. The molecule has 0 spiro atoms. The lowest BCUT2D eigenvalue weighted by Crippen LogP contribution is -2.37.